The summed E-state index contributed by atoms with van der Waals surface area (Å²) in [6, 6.07) is 12.8. The van der Waals surface area contributed by atoms with Crippen LogP contribution in [0.2, 0.25) is 0 Å². The standard InChI is InChI=1S/C14H14N2O2/c1-16(12-6-4-3-5-7-12)14(17)11-8-9-13(18-2)15-10-11/h3-10H,1-2H3. The number of carbonyl (C=O) groups excluding carboxylic acids is 1. The normalized spacial score (nSPS) is 9.89. The van der Waals surface area contributed by atoms with Gasteiger partial charge >= 0.3 is 0 Å². The molecule has 0 aliphatic heterocycles. The Morgan fingerprint density at radius 2 is 1.89 bits per heavy atom. The van der Waals surface area contributed by atoms with Crippen LogP contribution in [0.4, 0.5) is 5.69 Å². The smallest absolute Gasteiger partial charge is 0.259 e. The Balaban J connectivity index is 2.20. The van der Waals surface area contributed by atoms with Crippen LogP contribution in [0.15, 0.2) is 48.7 Å². The van der Waals surface area contributed by atoms with E-state index in [9.17, 15) is 4.79 Å². The molecule has 18 heavy (non-hydrogen) atoms. The van der Waals surface area contributed by atoms with Gasteiger partial charge in [-0.1, -0.05) is 18.2 Å². The van der Waals surface area contributed by atoms with Gasteiger partial charge in [-0.3, -0.25) is 4.79 Å². The van der Waals surface area contributed by atoms with E-state index in [1.807, 2.05) is 30.3 Å². The second-order valence-corrected chi connectivity index (χ2v) is 3.79. The Bertz CT molecular complexity index is 523. The van der Waals surface area contributed by atoms with E-state index in [4.69, 9.17) is 4.74 Å². The number of pyridine rings is 1. The van der Waals surface area contributed by atoms with Crippen LogP contribution in [0.3, 0.4) is 0 Å². The van der Waals surface area contributed by atoms with Gasteiger partial charge in [-0.15, -0.1) is 0 Å². The lowest BCUT2D eigenvalue weighted by molar-refractivity contribution is 0.0992. The Hall–Kier alpha value is -2.36. The van der Waals surface area contributed by atoms with E-state index in [1.54, 1.807) is 31.2 Å². The minimum absolute atomic E-state index is 0.101. The van der Waals surface area contributed by atoms with Crippen LogP contribution in [0.1, 0.15) is 10.4 Å². The highest BCUT2D eigenvalue weighted by atomic mass is 16.5. The van der Waals surface area contributed by atoms with Crippen molar-refractivity contribution in [2.75, 3.05) is 19.1 Å². The number of anilines is 1. The molecule has 0 aliphatic rings. The van der Waals surface area contributed by atoms with Gasteiger partial charge in [0.1, 0.15) is 0 Å². The molecule has 4 nitrogen and oxygen atoms in total. The minimum Gasteiger partial charge on any atom is -0.481 e. The van der Waals surface area contributed by atoms with Crippen molar-refractivity contribution < 1.29 is 9.53 Å². The molecule has 0 atom stereocenters. The first-order valence-corrected chi connectivity index (χ1v) is 5.55. The van der Waals surface area contributed by atoms with E-state index in [-0.39, 0.29) is 5.91 Å². The molecule has 1 aromatic carbocycles. The molecule has 0 spiro atoms. The molecule has 4 heteroatoms. The van der Waals surface area contributed by atoms with Gasteiger partial charge in [0.05, 0.1) is 12.7 Å². The lowest BCUT2D eigenvalue weighted by atomic mass is 10.2. The van der Waals surface area contributed by atoms with Crippen LogP contribution in [-0.2, 0) is 0 Å². The molecule has 1 heterocycles. The topological polar surface area (TPSA) is 42.4 Å². The Kier molecular flexibility index (Phi) is 3.57. The number of methoxy groups -OCH3 is 1. The molecule has 1 amide bonds. The van der Waals surface area contributed by atoms with Crippen molar-refractivity contribution in [3.63, 3.8) is 0 Å². The molecule has 2 rings (SSSR count). The zero-order valence-corrected chi connectivity index (χ0v) is 10.3. The molecule has 0 saturated heterocycles. The predicted molar refractivity (Wildman–Crippen MR) is 70.0 cm³/mol. The van der Waals surface area contributed by atoms with Gasteiger partial charge in [0, 0.05) is 25.0 Å². The van der Waals surface area contributed by atoms with Gasteiger partial charge in [-0.2, -0.15) is 0 Å². The van der Waals surface area contributed by atoms with E-state index >= 15 is 0 Å². The van der Waals surface area contributed by atoms with Gasteiger partial charge in [0.2, 0.25) is 5.88 Å². The van der Waals surface area contributed by atoms with Crippen LogP contribution in [0.5, 0.6) is 5.88 Å². The first-order valence-electron chi connectivity index (χ1n) is 5.55. The SMILES string of the molecule is COc1ccc(C(=O)N(C)c2ccccc2)cn1. The average molecular weight is 242 g/mol. The number of hydrogen-bond donors (Lipinski definition) is 0. The van der Waals surface area contributed by atoms with Crippen molar-refractivity contribution in [2.24, 2.45) is 0 Å². The lowest BCUT2D eigenvalue weighted by Gasteiger charge is -2.17. The van der Waals surface area contributed by atoms with Crippen molar-refractivity contribution in [3.05, 3.63) is 54.2 Å². The van der Waals surface area contributed by atoms with E-state index in [0.717, 1.165) is 5.69 Å². The van der Waals surface area contributed by atoms with Gasteiger partial charge in [-0.05, 0) is 18.2 Å². The molecule has 0 aliphatic carbocycles. The minimum atomic E-state index is -0.101. The molecule has 1 aromatic heterocycles. The number of benzene rings is 1. The molecular formula is C14H14N2O2. The number of nitrogens with zero attached hydrogens (tertiary/aromatic N) is 2. The number of carbonyl (C=O) groups is 1. The molecule has 2 aromatic rings. The molecule has 0 radical (unpaired) electrons. The number of aromatic nitrogens is 1. The quantitative estimate of drug-likeness (QED) is 0.829. The van der Waals surface area contributed by atoms with Crippen molar-refractivity contribution in [1.82, 2.24) is 4.98 Å². The first-order chi connectivity index (χ1) is 8.72. The van der Waals surface area contributed by atoms with Gasteiger partial charge in [0.25, 0.3) is 5.91 Å². The number of ether oxygens (including phenoxy) is 1. The molecule has 92 valence electrons. The fourth-order valence-corrected chi connectivity index (χ4v) is 1.59. The average Bonchev–Trinajstić information content (AvgIpc) is 2.47. The maximum Gasteiger partial charge on any atom is 0.259 e. The van der Waals surface area contributed by atoms with E-state index < -0.39 is 0 Å². The molecule has 0 N–H and O–H groups in total. The summed E-state index contributed by atoms with van der Waals surface area (Å²) >= 11 is 0. The van der Waals surface area contributed by atoms with Crippen molar-refractivity contribution in [1.29, 1.82) is 0 Å². The fourth-order valence-electron chi connectivity index (χ4n) is 1.59. The van der Waals surface area contributed by atoms with Crippen LogP contribution < -0.4 is 9.64 Å². The summed E-state index contributed by atoms with van der Waals surface area (Å²) in [6.45, 7) is 0. The Labute approximate surface area is 106 Å². The van der Waals surface area contributed by atoms with E-state index in [1.165, 1.54) is 6.20 Å². The number of amides is 1. The maximum atomic E-state index is 12.2. The number of rotatable bonds is 3. The third-order valence-corrected chi connectivity index (χ3v) is 2.64. The molecule has 0 bridgehead atoms. The summed E-state index contributed by atoms with van der Waals surface area (Å²) in [5.41, 5.74) is 1.38. The summed E-state index contributed by atoms with van der Waals surface area (Å²) in [4.78, 5) is 17.8. The Morgan fingerprint density at radius 1 is 1.17 bits per heavy atom. The van der Waals surface area contributed by atoms with Crippen LogP contribution in [0, 0.1) is 0 Å². The second kappa shape index (κ2) is 5.31. The van der Waals surface area contributed by atoms with E-state index in [2.05, 4.69) is 4.98 Å². The third kappa shape index (κ3) is 2.48. The number of para-hydroxylation sites is 1. The zero-order valence-electron chi connectivity index (χ0n) is 10.3. The maximum absolute atomic E-state index is 12.2. The van der Waals surface area contributed by atoms with Gasteiger partial charge in [0.15, 0.2) is 0 Å². The molecule has 0 fully saturated rings. The highest BCUT2D eigenvalue weighted by molar-refractivity contribution is 6.05. The summed E-state index contributed by atoms with van der Waals surface area (Å²) in [5, 5.41) is 0. The highest BCUT2D eigenvalue weighted by Gasteiger charge is 2.13. The number of hydrogen-bond acceptors (Lipinski definition) is 3. The van der Waals surface area contributed by atoms with Crippen molar-refractivity contribution in [3.8, 4) is 5.88 Å². The van der Waals surface area contributed by atoms with Gasteiger partial charge in [-0.25, -0.2) is 4.98 Å². The first kappa shape index (κ1) is 12.1. The van der Waals surface area contributed by atoms with Gasteiger partial charge < -0.3 is 9.64 Å². The summed E-state index contributed by atoms with van der Waals surface area (Å²) in [6.07, 6.45) is 1.51. The lowest BCUT2D eigenvalue weighted by Crippen LogP contribution is -2.26. The van der Waals surface area contributed by atoms with Crippen LogP contribution >= 0.6 is 0 Å². The summed E-state index contributed by atoms with van der Waals surface area (Å²) < 4.78 is 4.96. The highest BCUT2D eigenvalue weighted by Crippen LogP contribution is 2.15. The molecule has 0 unspecified atom stereocenters. The second-order valence-electron chi connectivity index (χ2n) is 3.79. The summed E-state index contributed by atoms with van der Waals surface area (Å²) in [7, 11) is 3.28. The van der Waals surface area contributed by atoms with E-state index in [0.29, 0.717) is 11.4 Å². The van der Waals surface area contributed by atoms with Crippen LogP contribution in [-0.4, -0.2) is 25.0 Å². The fraction of sp³-hybridized carbons (Fsp3) is 0.143. The molecule has 0 saturated carbocycles. The zero-order chi connectivity index (χ0) is 13.0. The molecular weight excluding hydrogens is 228 g/mol. The summed E-state index contributed by atoms with van der Waals surface area (Å²) in [5.74, 6) is 0.394. The third-order valence-electron chi connectivity index (χ3n) is 2.64. The van der Waals surface area contributed by atoms with Crippen LogP contribution in [0.25, 0.3) is 0 Å². The Morgan fingerprint density at radius 3 is 2.44 bits per heavy atom. The largest absolute Gasteiger partial charge is 0.481 e. The van der Waals surface area contributed by atoms with Crippen molar-refractivity contribution >= 4 is 11.6 Å². The predicted octanol–water partition coefficient (Wildman–Crippen LogP) is 2.37. The monoisotopic (exact) mass is 242 g/mol. The van der Waals surface area contributed by atoms with Crippen molar-refractivity contribution in [2.45, 2.75) is 0 Å².